The van der Waals surface area contributed by atoms with Crippen LogP contribution >= 0.6 is 0 Å². The predicted octanol–water partition coefficient (Wildman–Crippen LogP) is 1.80. The van der Waals surface area contributed by atoms with Gasteiger partial charge in [0.1, 0.15) is 0 Å². The van der Waals surface area contributed by atoms with Crippen LogP contribution in [0.1, 0.15) is 32.6 Å². The van der Waals surface area contributed by atoms with Crippen LogP contribution < -0.4 is 5.32 Å². The third kappa shape index (κ3) is 2.44. The Kier molecular flexibility index (Phi) is 3.23. The zero-order valence-corrected chi connectivity index (χ0v) is 8.59. The van der Waals surface area contributed by atoms with E-state index in [0.29, 0.717) is 0 Å². The second kappa shape index (κ2) is 4.43. The Morgan fingerprint density at radius 1 is 1.23 bits per heavy atom. The fourth-order valence-electron chi connectivity index (χ4n) is 2.74. The summed E-state index contributed by atoms with van der Waals surface area (Å²) < 4.78 is 5.55. The lowest BCUT2D eigenvalue weighted by Crippen LogP contribution is -2.40. The van der Waals surface area contributed by atoms with Gasteiger partial charge in [0, 0.05) is 19.3 Å². The third-order valence-corrected chi connectivity index (χ3v) is 3.53. The van der Waals surface area contributed by atoms with E-state index in [1.807, 2.05) is 0 Å². The van der Waals surface area contributed by atoms with Crippen LogP contribution in [0.3, 0.4) is 0 Å². The minimum atomic E-state index is 0.723. The van der Waals surface area contributed by atoms with Gasteiger partial charge in [-0.25, -0.2) is 0 Å². The van der Waals surface area contributed by atoms with E-state index in [2.05, 4.69) is 12.2 Å². The highest BCUT2D eigenvalue weighted by molar-refractivity contribution is 4.81. The highest BCUT2D eigenvalue weighted by Crippen LogP contribution is 2.30. The smallest absolute Gasteiger partial charge is 0.0496 e. The van der Waals surface area contributed by atoms with Gasteiger partial charge in [-0.05, 0) is 51.0 Å². The summed E-state index contributed by atoms with van der Waals surface area (Å²) in [6.07, 6.45) is 5.40. The van der Waals surface area contributed by atoms with Gasteiger partial charge in [0.2, 0.25) is 0 Å². The van der Waals surface area contributed by atoms with Crippen LogP contribution in [-0.4, -0.2) is 25.8 Å². The van der Waals surface area contributed by atoms with Crippen molar-refractivity contribution in [3.8, 4) is 0 Å². The molecule has 2 fully saturated rings. The van der Waals surface area contributed by atoms with Crippen molar-refractivity contribution in [1.29, 1.82) is 0 Å². The molecule has 2 heterocycles. The lowest BCUT2D eigenvalue weighted by Gasteiger charge is -2.35. The van der Waals surface area contributed by atoms with Crippen LogP contribution in [0.25, 0.3) is 0 Å². The van der Waals surface area contributed by atoms with Gasteiger partial charge in [-0.2, -0.15) is 0 Å². The van der Waals surface area contributed by atoms with Gasteiger partial charge in [0.25, 0.3) is 0 Å². The fraction of sp³-hybridized carbons (Fsp3) is 1.00. The minimum absolute atomic E-state index is 0.723. The molecule has 2 aliphatic rings. The molecular weight excluding hydrogens is 162 g/mol. The van der Waals surface area contributed by atoms with Gasteiger partial charge in [0.15, 0.2) is 0 Å². The Balaban J connectivity index is 1.83. The molecule has 0 amide bonds. The quantitative estimate of drug-likeness (QED) is 0.669. The van der Waals surface area contributed by atoms with Crippen molar-refractivity contribution < 1.29 is 4.74 Å². The standard InChI is InChI=1S/C11H21NO/c1-9-7-10(4-5-12-9)11-3-2-6-13-8-11/h9-12H,2-8H2,1H3. The molecule has 0 radical (unpaired) electrons. The molecule has 0 aromatic heterocycles. The first-order chi connectivity index (χ1) is 6.36. The van der Waals surface area contributed by atoms with Crippen LogP contribution in [0.15, 0.2) is 0 Å². The van der Waals surface area contributed by atoms with E-state index in [-0.39, 0.29) is 0 Å². The average molecular weight is 183 g/mol. The summed E-state index contributed by atoms with van der Waals surface area (Å²) in [6.45, 7) is 5.53. The molecule has 2 rings (SSSR count). The molecule has 3 atom stereocenters. The maximum absolute atomic E-state index is 5.55. The molecule has 0 spiro atoms. The summed E-state index contributed by atoms with van der Waals surface area (Å²) in [7, 11) is 0. The van der Waals surface area contributed by atoms with Crippen molar-refractivity contribution in [3.05, 3.63) is 0 Å². The van der Waals surface area contributed by atoms with E-state index in [9.17, 15) is 0 Å². The van der Waals surface area contributed by atoms with E-state index in [4.69, 9.17) is 4.74 Å². The number of nitrogens with one attached hydrogen (secondary N) is 1. The first-order valence-corrected chi connectivity index (χ1v) is 5.67. The molecule has 0 aromatic carbocycles. The van der Waals surface area contributed by atoms with Gasteiger partial charge in [-0.3, -0.25) is 0 Å². The van der Waals surface area contributed by atoms with E-state index in [1.165, 1.54) is 32.2 Å². The summed E-state index contributed by atoms with van der Waals surface area (Å²) in [5.74, 6) is 1.79. The van der Waals surface area contributed by atoms with Crippen LogP contribution in [0.2, 0.25) is 0 Å². The zero-order chi connectivity index (χ0) is 9.10. The highest BCUT2D eigenvalue weighted by atomic mass is 16.5. The normalized spacial score (nSPS) is 41.8. The Morgan fingerprint density at radius 2 is 2.15 bits per heavy atom. The first kappa shape index (κ1) is 9.47. The maximum atomic E-state index is 5.55. The van der Waals surface area contributed by atoms with Gasteiger partial charge < -0.3 is 10.1 Å². The van der Waals surface area contributed by atoms with Crippen molar-refractivity contribution in [2.75, 3.05) is 19.8 Å². The van der Waals surface area contributed by atoms with Crippen LogP contribution in [-0.2, 0) is 4.74 Å². The second-order valence-electron chi connectivity index (χ2n) is 4.62. The molecule has 2 saturated heterocycles. The molecule has 0 aliphatic carbocycles. The first-order valence-electron chi connectivity index (χ1n) is 5.67. The topological polar surface area (TPSA) is 21.3 Å². The number of ether oxygens (including phenoxy) is 1. The van der Waals surface area contributed by atoms with Crippen LogP contribution in [0.4, 0.5) is 0 Å². The fourth-order valence-corrected chi connectivity index (χ4v) is 2.74. The number of rotatable bonds is 1. The van der Waals surface area contributed by atoms with Gasteiger partial charge in [0.05, 0.1) is 0 Å². The van der Waals surface area contributed by atoms with Gasteiger partial charge >= 0.3 is 0 Å². The Bertz CT molecular complexity index is 154. The number of hydrogen-bond donors (Lipinski definition) is 1. The Morgan fingerprint density at radius 3 is 2.85 bits per heavy atom. The molecule has 0 saturated carbocycles. The van der Waals surface area contributed by atoms with E-state index in [0.717, 1.165) is 31.1 Å². The summed E-state index contributed by atoms with van der Waals surface area (Å²) in [4.78, 5) is 0. The second-order valence-corrected chi connectivity index (χ2v) is 4.62. The lowest BCUT2D eigenvalue weighted by atomic mass is 9.80. The van der Waals surface area contributed by atoms with Crippen molar-refractivity contribution in [3.63, 3.8) is 0 Å². The molecule has 0 aromatic rings. The van der Waals surface area contributed by atoms with Crippen molar-refractivity contribution in [2.24, 2.45) is 11.8 Å². The molecule has 2 nitrogen and oxygen atoms in total. The number of piperidine rings is 1. The molecule has 3 unspecified atom stereocenters. The Hall–Kier alpha value is -0.0800. The van der Waals surface area contributed by atoms with Crippen molar-refractivity contribution in [1.82, 2.24) is 5.32 Å². The monoisotopic (exact) mass is 183 g/mol. The summed E-state index contributed by atoms with van der Waals surface area (Å²) in [6, 6.07) is 0.723. The van der Waals surface area contributed by atoms with Gasteiger partial charge in [-0.1, -0.05) is 0 Å². The predicted molar refractivity (Wildman–Crippen MR) is 53.7 cm³/mol. The molecule has 76 valence electrons. The SMILES string of the molecule is CC1CC(C2CCCOC2)CCN1. The van der Waals surface area contributed by atoms with E-state index >= 15 is 0 Å². The largest absolute Gasteiger partial charge is 0.381 e. The molecule has 2 aliphatic heterocycles. The Labute approximate surface area is 81.0 Å². The van der Waals surface area contributed by atoms with Crippen LogP contribution in [0, 0.1) is 11.8 Å². The van der Waals surface area contributed by atoms with Crippen LogP contribution in [0.5, 0.6) is 0 Å². The molecule has 2 heteroatoms. The highest BCUT2D eigenvalue weighted by Gasteiger charge is 2.27. The molecule has 0 bridgehead atoms. The summed E-state index contributed by atoms with van der Waals surface area (Å²) in [5, 5.41) is 3.51. The summed E-state index contributed by atoms with van der Waals surface area (Å²) >= 11 is 0. The molecular formula is C11H21NO. The summed E-state index contributed by atoms with van der Waals surface area (Å²) in [5.41, 5.74) is 0. The lowest BCUT2D eigenvalue weighted by molar-refractivity contribution is 0.0207. The van der Waals surface area contributed by atoms with E-state index in [1.54, 1.807) is 0 Å². The maximum Gasteiger partial charge on any atom is 0.0496 e. The number of hydrogen-bond acceptors (Lipinski definition) is 2. The van der Waals surface area contributed by atoms with E-state index < -0.39 is 0 Å². The van der Waals surface area contributed by atoms with Crippen molar-refractivity contribution >= 4 is 0 Å². The minimum Gasteiger partial charge on any atom is -0.381 e. The van der Waals surface area contributed by atoms with Gasteiger partial charge in [-0.15, -0.1) is 0 Å². The third-order valence-electron chi connectivity index (χ3n) is 3.53. The zero-order valence-electron chi connectivity index (χ0n) is 8.59. The average Bonchev–Trinajstić information content (AvgIpc) is 2.19. The van der Waals surface area contributed by atoms with Crippen molar-refractivity contribution in [2.45, 2.75) is 38.6 Å². The molecule has 1 N–H and O–H groups in total. The molecule has 13 heavy (non-hydrogen) atoms.